The van der Waals surface area contributed by atoms with Gasteiger partial charge >= 0.3 is 0 Å². The van der Waals surface area contributed by atoms with Gasteiger partial charge in [-0.3, -0.25) is 9.58 Å². The van der Waals surface area contributed by atoms with Gasteiger partial charge in [-0.25, -0.2) is 0 Å². The third kappa shape index (κ3) is 1.95. The summed E-state index contributed by atoms with van der Waals surface area (Å²) in [6.45, 7) is 1.98. The van der Waals surface area contributed by atoms with E-state index < -0.39 is 0 Å². The van der Waals surface area contributed by atoms with Crippen LogP contribution in [0, 0.1) is 0 Å². The van der Waals surface area contributed by atoms with Gasteiger partial charge in [0.25, 0.3) is 0 Å². The number of nitrogens with zero attached hydrogens (tertiary/aromatic N) is 3. The highest BCUT2D eigenvalue weighted by Gasteiger charge is 2.27. The molecule has 1 aliphatic carbocycles. The van der Waals surface area contributed by atoms with Crippen LogP contribution in [0.25, 0.3) is 0 Å². The Morgan fingerprint density at radius 1 is 1.12 bits per heavy atom. The predicted octanol–water partition coefficient (Wildman–Crippen LogP) is 2.31. The van der Waals surface area contributed by atoms with E-state index in [0.29, 0.717) is 6.04 Å². The normalized spacial score (nSPS) is 22.6. The van der Waals surface area contributed by atoms with Crippen LogP contribution < -0.4 is 5.73 Å². The molecular formula is C13H22N4. The van der Waals surface area contributed by atoms with E-state index in [2.05, 4.69) is 21.7 Å². The highest BCUT2D eigenvalue weighted by Crippen LogP contribution is 2.33. The monoisotopic (exact) mass is 234 g/mol. The molecule has 2 heterocycles. The number of hydrogen-bond acceptors (Lipinski definition) is 3. The fourth-order valence-electron chi connectivity index (χ4n) is 3.25. The Hall–Kier alpha value is -1.03. The third-order valence-electron chi connectivity index (χ3n) is 4.17. The zero-order valence-corrected chi connectivity index (χ0v) is 10.7. The van der Waals surface area contributed by atoms with Gasteiger partial charge in [0.15, 0.2) is 0 Å². The lowest BCUT2D eigenvalue weighted by molar-refractivity contribution is 0.326. The molecule has 4 heteroatoms. The van der Waals surface area contributed by atoms with Crippen LogP contribution in [0.1, 0.15) is 55.8 Å². The van der Waals surface area contributed by atoms with E-state index in [0.717, 1.165) is 18.9 Å². The molecular weight excluding hydrogens is 212 g/mol. The summed E-state index contributed by atoms with van der Waals surface area (Å²) in [5.41, 5.74) is 8.69. The van der Waals surface area contributed by atoms with Crippen LogP contribution in [0.4, 0.5) is 5.82 Å². The van der Waals surface area contributed by atoms with Gasteiger partial charge in [-0.15, -0.1) is 0 Å². The lowest BCUT2D eigenvalue weighted by Crippen LogP contribution is -2.16. The van der Waals surface area contributed by atoms with Crippen molar-refractivity contribution in [1.82, 2.24) is 14.7 Å². The Morgan fingerprint density at radius 2 is 1.82 bits per heavy atom. The fraction of sp³-hybridized carbons (Fsp3) is 0.769. The smallest absolute Gasteiger partial charge is 0.150 e. The Kier molecular flexibility index (Phi) is 2.82. The summed E-state index contributed by atoms with van der Waals surface area (Å²) in [5.74, 6) is 0.758. The Bertz CT molecular complexity index is 402. The summed E-state index contributed by atoms with van der Waals surface area (Å²) in [6.07, 6.45) is 8.00. The minimum Gasteiger partial charge on any atom is -0.382 e. The summed E-state index contributed by atoms with van der Waals surface area (Å²) in [4.78, 5) is 2.32. The van der Waals surface area contributed by atoms with Crippen molar-refractivity contribution in [2.24, 2.45) is 0 Å². The standard InChI is InChI=1S/C13H22N4/c1-16-8-11-12(9-16)17(15-13(11)14)10-6-4-2-3-5-7-10/h10H,2-9H2,1H3,(H2,14,15). The van der Waals surface area contributed by atoms with Gasteiger partial charge in [0.05, 0.1) is 11.7 Å². The molecule has 0 atom stereocenters. The molecule has 1 aromatic rings. The fourth-order valence-corrected chi connectivity index (χ4v) is 3.25. The maximum Gasteiger partial charge on any atom is 0.150 e. The van der Waals surface area contributed by atoms with E-state index in [9.17, 15) is 0 Å². The highest BCUT2D eigenvalue weighted by atomic mass is 15.4. The molecule has 0 amide bonds. The second-order valence-corrected chi connectivity index (χ2v) is 5.57. The topological polar surface area (TPSA) is 47.1 Å². The lowest BCUT2D eigenvalue weighted by Gasteiger charge is -2.18. The Balaban J connectivity index is 1.90. The van der Waals surface area contributed by atoms with Crippen LogP contribution in [0.5, 0.6) is 0 Å². The van der Waals surface area contributed by atoms with E-state index in [1.165, 1.54) is 49.8 Å². The molecule has 0 saturated heterocycles. The van der Waals surface area contributed by atoms with Crippen molar-refractivity contribution in [2.45, 2.75) is 57.7 Å². The van der Waals surface area contributed by atoms with E-state index in [1.807, 2.05) is 0 Å². The first-order valence-corrected chi connectivity index (χ1v) is 6.80. The molecule has 2 aliphatic rings. The van der Waals surface area contributed by atoms with E-state index in [1.54, 1.807) is 0 Å². The summed E-state index contributed by atoms with van der Waals surface area (Å²) in [5, 5.41) is 4.60. The lowest BCUT2D eigenvalue weighted by atomic mass is 10.1. The van der Waals surface area contributed by atoms with Gasteiger partial charge in [-0.2, -0.15) is 5.10 Å². The molecule has 94 valence electrons. The number of rotatable bonds is 1. The average molecular weight is 234 g/mol. The van der Waals surface area contributed by atoms with Gasteiger partial charge in [-0.1, -0.05) is 25.7 Å². The second kappa shape index (κ2) is 4.33. The molecule has 1 fully saturated rings. The summed E-state index contributed by atoms with van der Waals surface area (Å²) >= 11 is 0. The van der Waals surface area contributed by atoms with Crippen molar-refractivity contribution in [3.8, 4) is 0 Å². The molecule has 3 rings (SSSR count). The molecule has 0 radical (unpaired) electrons. The van der Waals surface area contributed by atoms with Crippen molar-refractivity contribution in [1.29, 1.82) is 0 Å². The number of aromatic nitrogens is 2. The minimum atomic E-state index is 0.593. The van der Waals surface area contributed by atoms with Crippen LogP contribution in [-0.4, -0.2) is 21.7 Å². The van der Waals surface area contributed by atoms with Crippen LogP contribution >= 0.6 is 0 Å². The Labute approximate surface area is 103 Å². The number of hydrogen-bond donors (Lipinski definition) is 1. The van der Waals surface area contributed by atoms with Gasteiger partial charge in [0.2, 0.25) is 0 Å². The van der Waals surface area contributed by atoms with Crippen molar-refractivity contribution in [3.05, 3.63) is 11.3 Å². The molecule has 0 unspecified atom stereocenters. The Morgan fingerprint density at radius 3 is 2.53 bits per heavy atom. The molecule has 17 heavy (non-hydrogen) atoms. The number of anilines is 1. The molecule has 0 spiro atoms. The van der Waals surface area contributed by atoms with Crippen molar-refractivity contribution in [3.63, 3.8) is 0 Å². The van der Waals surface area contributed by atoms with Gasteiger partial charge in [0.1, 0.15) is 5.82 Å². The van der Waals surface area contributed by atoms with Crippen molar-refractivity contribution >= 4 is 5.82 Å². The molecule has 1 aromatic heterocycles. The summed E-state index contributed by atoms with van der Waals surface area (Å²) in [6, 6.07) is 0.593. The zero-order valence-electron chi connectivity index (χ0n) is 10.7. The maximum atomic E-state index is 6.04. The number of nitrogens with two attached hydrogens (primary N) is 1. The molecule has 4 nitrogen and oxygen atoms in total. The highest BCUT2D eigenvalue weighted by molar-refractivity contribution is 5.44. The third-order valence-corrected chi connectivity index (χ3v) is 4.17. The SMILES string of the molecule is CN1Cc2c(N)nn(C3CCCCCC3)c2C1. The predicted molar refractivity (Wildman–Crippen MR) is 68.5 cm³/mol. The number of nitrogen functional groups attached to an aromatic ring is 1. The molecule has 2 N–H and O–H groups in total. The van der Waals surface area contributed by atoms with Gasteiger partial charge in [0, 0.05) is 18.7 Å². The molecule has 1 saturated carbocycles. The first-order chi connectivity index (χ1) is 8.25. The second-order valence-electron chi connectivity index (χ2n) is 5.57. The van der Waals surface area contributed by atoms with Crippen LogP contribution in [-0.2, 0) is 13.1 Å². The van der Waals surface area contributed by atoms with Crippen LogP contribution in [0.3, 0.4) is 0 Å². The molecule has 0 aromatic carbocycles. The van der Waals surface area contributed by atoms with E-state index >= 15 is 0 Å². The molecule has 0 bridgehead atoms. The first kappa shape index (κ1) is 11.1. The van der Waals surface area contributed by atoms with Crippen LogP contribution in [0.2, 0.25) is 0 Å². The maximum absolute atomic E-state index is 6.04. The zero-order chi connectivity index (χ0) is 11.8. The largest absolute Gasteiger partial charge is 0.382 e. The molecule has 1 aliphatic heterocycles. The number of fused-ring (bicyclic) bond motifs is 1. The summed E-state index contributed by atoms with van der Waals surface area (Å²) < 4.78 is 2.25. The van der Waals surface area contributed by atoms with Crippen molar-refractivity contribution < 1.29 is 0 Å². The van der Waals surface area contributed by atoms with Crippen LogP contribution in [0.15, 0.2) is 0 Å². The quantitative estimate of drug-likeness (QED) is 0.758. The minimum absolute atomic E-state index is 0.593. The van der Waals surface area contributed by atoms with Crippen molar-refractivity contribution in [2.75, 3.05) is 12.8 Å². The average Bonchev–Trinajstić information content (AvgIpc) is 2.69. The summed E-state index contributed by atoms with van der Waals surface area (Å²) in [7, 11) is 2.15. The van der Waals surface area contributed by atoms with Gasteiger partial charge < -0.3 is 5.73 Å². The van der Waals surface area contributed by atoms with E-state index in [4.69, 9.17) is 5.73 Å². The van der Waals surface area contributed by atoms with E-state index in [-0.39, 0.29) is 0 Å². The first-order valence-electron chi connectivity index (χ1n) is 6.80. The van der Waals surface area contributed by atoms with Gasteiger partial charge in [-0.05, 0) is 19.9 Å².